The predicted molar refractivity (Wildman–Crippen MR) is 81.2 cm³/mol. The zero-order valence-electron chi connectivity index (χ0n) is 12.7. The molecule has 122 valence electrons. The summed E-state index contributed by atoms with van der Waals surface area (Å²) in [6.07, 6.45) is 1.31. The van der Waals surface area contributed by atoms with Crippen LogP contribution in [0.1, 0.15) is 23.2 Å². The Bertz CT molecular complexity index is 483. The Labute approximate surface area is 129 Å². The predicted octanol–water partition coefficient (Wildman–Crippen LogP) is 1.28. The van der Waals surface area contributed by atoms with Crippen molar-refractivity contribution < 1.29 is 18.7 Å². The molecule has 0 radical (unpaired) electrons. The van der Waals surface area contributed by atoms with Gasteiger partial charge in [0.05, 0.1) is 5.56 Å². The van der Waals surface area contributed by atoms with Crippen LogP contribution in [0.2, 0.25) is 0 Å². The van der Waals surface area contributed by atoms with E-state index in [1.807, 2.05) is 0 Å². The van der Waals surface area contributed by atoms with Crippen LogP contribution in [0.3, 0.4) is 0 Å². The first-order chi connectivity index (χ1) is 10.6. The highest BCUT2D eigenvalue weighted by molar-refractivity contribution is 5.94. The van der Waals surface area contributed by atoms with Crippen LogP contribution < -0.4 is 16.0 Å². The molecule has 0 spiro atoms. The first-order valence-corrected chi connectivity index (χ1v) is 7.18. The summed E-state index contributed by atoms with van der Waals surface area (Å²) in [5.74, 6) is -1.00. The number of amides is 3. The zero-order valence-corrected chi connectivity index (χ0v) is 12.7. The highest BCUT2D eigenvalue weighted by atomic mass is 19.1. The smallest absolute Gasteiger partial charge is 0.314 e. The standard InChI is InChI=1S/C15H22FN3O3/c1-22-11-5-10-19-15(21)18-9-4-8-17-14(20)12-6-2-3-7-13(12)16/h2-3,6-7H,4-5,8-11H2,1H3,(H,17,20)(H2,18,19,21). The van der Waals surface area contributed by atoms with E-state index in [1.54, 1.807) is 13.2 Å². The van der Waals surface area contributed by atoms with Gasteiger partial charge >= 0.3 is 6.03 Å². The fraction of sp³-hybridized carbons (Fsp3) is 0.467. The number of urea groups is 1. The minimum absolute atomic E-state index is 0.0198. The van der Waals surface area contributed by atoms with Crippen molar-refractivity contribution in [3.63, 3.8) is 0 Å². The van der Waals surface area contributed by atoms with E-state index in [0.717, 1.165) is 6.42 Å². The number of benzene rings is 1. The number of carbonyl (C=O) groups is 2. The number of carbonyl (C=O) groups excluding carboxylic acids is 2. The maximum atomic E-state index is 13.4. The van der Waals surface area contributed by atoms with E-state index in [-0.39, 0.29) is 11.6 Å². The quantitative estimate of drug-likeness (QED) is 0.601. The van der Waals surface area contributed by atoms with Crippen LogP contribution in [0.5, 0.6) is 0 Å². The van der Waals surface area contributed by atoms with E-state index in [0.29, 0.717) is 32.7 Å². The molecule has 0 saturated carbocycles. The van der Waals surface area contributed by atoms with E-state index >= 15 is 0 Å². The second-order valence-electron chi connectivity index (χ2n) is 4.62. The third-order valence-electron chi connectivity index (χ3n) is 2.85. The summed E-state index contributed by atoms with van der Waals surface area (Å²) < 4.78 is 18.2. The molecule has 0 unspecified atom stereocenters. The second kappa shape index (κ2) is 10.6. The monoisotopic (exact) mass is 311 g/mol. The molecule has 3 N–H and O–H groups in total. The van der Waals surface area contributed by atoms with Gasteiger partial charge in [0.1, 0.15) is 5.82 Å². The van der Waals surface area contributed by atoms with Gasteiger partial charge in [-0.15, -0.1) is 0 Å². The van der Waals surface area contributed by atoms with Gasteiger partial charge in [-0.05, 0) is 25.0 Å². The van der Waals surface area contributed by atoms with Crippen LogP contribution in [0.15, 0.2) is 24.3 Å². The largest absolute Gasteiger partial charge is 0.385 e. The van der Waals surface area contributed by atoms with Crippen LogP contribution in [-0.4, -0.2) is 45.3 Å². The van der Waals surface area contributed by atoms with Gasteiger partial charge in [-0.25, -0.2) is 9.18 Å². The molecule has 0 saturated heterocycles. The molecule has 0 aliphatic rings. The van der Waals surface area contributed by atoms with E-state index in [1.165, 1.54) is 18.2 Å². The minimum Gasteiger partial charge on any atom is -0.385 e. The molecular weight excluding hydrogens is 289 g/mol. The van der Waals surface area contributed by atoms with Crippen molar-refractivity contribution in [2.75, 3.05) is 33.4 Å². The second-order valence-corrected chi connectivity index (χ2v) is 4.62. The first kappa shape index (κ1) is 17.9. The van der Waals surface area contributed by atoms with Crippen LogP contribution in [0.4, 0.5) is 9.18 Å². The van der Waals surface area contributed by atoms with Gasteiger partial charge in [-0.2, -0.15) is 0 Å². The number of methoxy groups -OCH3 is 1. The molecule has 0 fully saturated rings. The normalized spacial score (nSPS) is 10.1. The van der Waals surface area contributed by atoms with Crippen LogP contribution in [-0.2, 0) is 4.74 Å². The summed E-state index contributed by atoms with van der Waals surface area (Å²) >= 11 is 0. The van der Waals surface area contributed by atoms with Crippen molar-refractivity contribution in [3.05, 3.63) is 35.6 Å². The van der Waals surface area contributed by atoms with Crippen molar-refractivity contribution >= 4 is 11.9 Å². The van der Waals surface area contributed by atoms with Crippen molar-refractivity contribution in [3.8, 4) is 0 Å². The Morgan fingerprint density at radius 1 is 1.05 bits per heavy atom. The fourth-order valence-electron chi connectivity index (χ4n) is 1.71. The van der Waals surface area contributed by atoms with Gasteiger partial charge in [0, 0.05) is 33.4 Å². The molecule has 7 heteroatoms. The number of hydrogen-bond acceptors (Lipinski definition) is 3. The Kier molecular flexibility index (Phi) is 8.59. The molecule has 22 heavy (non-hydrogen) atoms. The topological polar surface area (TPSA) is 79.5 Å². The Balaban J connectivity index is 2.09. The Morgan fingerprint density at radius 3 is 2.36 bits per heavy atom. The lowest BCUT2D eigenvalue weighted by Gasteiger charge is -2.08. The number of nitrogens with one attached hydrogen (secondary N) is 3. The highest BCUT2D eigenvalue weighted by Gasteiger charge is 2.09. The number of rotatable bonds is 9. The lowest BCUT2D eigenvalue weighted by molar-refractivity contribution is 0.0949. The first-order valence-electron chi connectivity index (χ1n) is 7.18. The number of hydrogen-bond donors (Lipinski definition) is 3. The van der Waals surface area contributed by atoms with Crippen molar-refractivity contribution in [2.45, 2.75) is 12.8 Å². The summed E-state index contributed by atoms with van der Waals surface area (Å²) in [7, 11) is 1.61. The van der Waals surface area contributed by atoms with Gasteiger partial charge in [-0.1, -0.05) is 12.1 Å². The van der Waals surface area contributed by atoms with Crippen molar-refractivity contribution in [1.29, 1.82) is 0 Å². The van der Waals surface area contributed by atoms with E-state index in [2.05, 4.69) is 16.0 Å². The van der Waals surface area contributed by atoms with Crippen molar-refractivity contribution in [2.24, 2.45) is 0 Å². The van der Waals surface area contributed by atoms with Gasteiger partial charge < -0.3 is 20.7 Å². The molecule has 0 bridgehead atoms. The SMILES string of the molecule is COCCCNC(=O)NCCCNC(=O)c1ccccc1F. The molecule has 0 heterocycles. The maximum absolute atomic E-state index is 13.4. The summed E-state index contributed by atoms with van der Waals surface area (Å²) in [5, 5.41) is 7.96. The summed E-state index contributed by atoms with van der Waals surface area (Å²) in [6, 6.07) is 5.55. The van der Waals surface area contributed by atoms with Crippen LogP contribution in [0.25, 0.3) is 0 Å². The molecular formula is C15H22FN3O3. The zero-order chi connectivity index (χ0) is 16.2. The molecule has 0 aliphatic carbocycles. The summed E-state index contributed by atoms with van der Waals surface area (Å²) in [5.41, 5.74) is 0.0198. The maximum Gasteiger partial charge on any atom is 0.314 e. The van der Waals surface area contributed by atoms with E-state index < -0.39 is 11.7 Å². The van der Waals surface area contributed by atoms with Gasteiger partial charge in [0.25, 0.3) is 5.91 Å². The molecule has 6 nitrogen and oxygen atoms in total. The third kappa shape index (κ3) is 7.03. The van der Waals surface area contributed by atoms with E-state index in [9.17, 15) is 14.0 Å². The lowest BCUT2D eigenvalue weighted by atomic mass is 10.2. The molecule has 1 aromatic carbocycles. The molecule has 1 rings (SSSR count). The number of ether oxygens (including phenoxy) is 1. The Morgan fingerprint density at radius 2 is 1.68 bits per heavy atom. The minimum atomic E-state index is -0.548. The molecule has 0 atom stereocenters. The molecule has 0 aliphatic heterocycles. The molecule has 0 aromatic heterocycles. The van der Waals surface area contributed by atoms with Gasteiger partial charge in [0.15, 0.2) is 0 Å². The van der Waals surface area contributed by atoms with Crippen molar-refractivity contribution in [1.82, 2.24) is 16.0 Å². The molecule has 1 aromatic rings. The van der Waals surface area contributed by atoms with Crippen LogP contribution in [0, 0.1) is 5.82 Å². The average Bonchev–Trinajstić information content (AvgIpc) is 2.51. The third-order valence-corrected chi connectivity index (χ3v) is 2.85. The average molecular weight is 311 g/mol. The molecule has 3 amide bonds. The Hall–Kier alpha value is -2.15. The highest BCUT2D eigenvalue weighted by Crippen LogP contribution is 2.05. The van der Waals surface area contributed by atoms with Gasteiger partial charge in [0.2, 0.25) is 0 Å². The van der Waals surface area contributed by atoms with Crippen LogP contribution >= 0.6 is 0 Å². The summed E-state index contributed by atoms with van der Waals surface area (Å²) in [4.78, 5) is 23.1. The fourth-order valence-corrected chi connectivity index (χ4v) is 1.71. The van der Waals surface area contributed by atoms with Gasteiger partial charge in [-0.3, -0.25) is 4.79 Å². The lowest BCUT2D eigenvalue weighted by Crippen LogP contribution is -2.38. The summed E-state index contributed by atoms with van der Waals surface area (Å²) in [6.45, 7) is 1.93. The number of halogens is 1. The van der Waals surface area contributed by atoms with E-state index in [4.69, 9.17) is 4.74 Å².